The van der Waals surface area contributed by atoms with E-state index in [9.17, 15) is 9.59 Å². The fraction of sp³-hybridized carbons (Fsp3) is 0.750. The zero-order valence-electron chi connectivity index (χ0n) is 8.30. The highest BCUT2D eigenvalue weighted by Gasteiger charge is 1.84. The van der Waals surface area contributed by atoms with Gasteiger partial charge in [-0.15, -0.1) is 0 Å². The minimum absolute atomic E-state index is 0.211. The van der Waals surface area contributed by atoms with E-state index in [0.717, 1.165) is 12.8 Å². The number of primary amides is 2. The van der Waals surface area contributed by atoms with Crippen LogP contribution in [0.1, 0.15) is 33.1 Å². The van der Waals surface area contributed by atoms with Crippen LogP contribution in [0.15, 0.2) is 0 Å². The maximum absolute atomic E-state index is 9.87. The van der Waals surface area contributed by atoms with E-state index in [4.69, 9.17) is 11.5 Å². The standard InChI is InChI=1S/C4H10N2O.C4H9NO/c1-2-3-6-4(5)7;1-2-3-4(5)6/h2-3H2,1H3,(H3,5,6,7);2-3H2,1H3,(H2,5,6). The molecule has 0 atom stereocenters. The minimum atomic E-state index is -0.443. The predicted octanol–water partition coefficient (Wildman–Crippen LogP) is 0.337. The molecule has 0 rings (SSSR count). The van der Waals surface area contributed by atoms with Gasteiger partial charge in [0.1, 0.15) is 0 Å². The first kappa shape index (κ1) is 14.3. The van der Waals surface area contributed by atoms with Crippen LogP contribution in [0.3, 0.4) is 0 Å². The molecule has 0 aromatic heterocycles. The average Bonchev–Trinajstić information content (AvgIpc) is 2.01. The first-order valence-electron chi connectivity index (χ1n) is 4.36. The molecule has 78 valence electrons. The monoisotopic (exact) mass is 189 g/mol. The first-order chi connectivity index (χ1) is 6.04. The van der Waals surface area contributed by atoms with E-state index >= 15 is 0 Å². The summed E-state index contributed by atoms with van der Waals surface area (Å²) in [4.78, 5) is 19.7. The second-order valence-corrected chi connectivity index (χ2v) is 2.51. The number of nitrogens with two attached hydrogens (primary N) is 2. The fourth-order valence-electron chi connectivity index (χ4n) is 0.495. The Labute approximate surface area is 78.9 Å². The molecule has 0 unspecified atom stereocenters. The van der Waals surface area contributed by atoms with Crippen molar-refractivity contribution < 1.29 is 9.59 Å². The van der Waals surface area contributed by atoms with Gasteiger partial charge in [0.2, 0.25) is 5.91 Å². The molecule has 0 heterocycles. The van der Waals surface area contributed by atoms with Gasteiger partial charge in [-0.3, -0.25) is 4.79 Å². The molecule has 0 aliphatic heterocycles. The van der Waals surface area contributed by atoms with E-state index in [1.165, 1.54) is 0 Å². The average molecular weight is 189 g/mol. The quantitative estimate of drug-likeness (QED) is 0.594. The number of carbonyl (C=O) groups excluding carboxylic acids is 2. The van der Waals surface area contributed by atoms with Gasteiger partial charge in [0.15, 0.2) is 0 Å². The van der Waals surface area contributed by atoms with Crippen LogP contribution in [0.2, 0.25) is 0 Å². The van der Waals surface area contributed by atoms with Crippen LogP contribution in [-0.2, 0) is 4.79 Å². The van der Waals surface area contributed by atoms with Crippen molar-refractivity contribution in [2.75, 3.05) is 6.54 Å². The lowest BCUT2D eigenvalue weighted by atomic mass is 10.3. The van der Waals surface area contributed by atoms with Crippen LogP contribution in [0.25, 0.3) is 0 Å². The Morgan fingerprint density at radius 3 is 1.77 bits per heavy atom. The number of amides is 3. The highest BCUT2D eigenvalue weighted by Crippen LogP contribution is 1.79. The van der Waals surface area contributed by atoms with E-state index in [1.807, 2.05) is 13.8 Å². The number of nitrogens with one attached hydrogen (secondary N) is 1. The van der Waals surface area contributed by atoms with Crippen LogP contribution in [0.5, 0.6) is 0 Å². The van der Waals surface area contributed by atoms with Crippen LogP contribution in [-0.4, -0.2) is 18.5 Å². The molecule has 0 saturated carbocycles. The second kappa shape index (κ2) is 10.7. The van der Waals surface area contributed by atoms with Crippen LogP contribution in [0, 0.1) is 0 Å². The molecule has 0 saturated heterocycles. The third-order valence-corrected chi connectivity index (χ3v) is 1.05. The highest BCUT2D eigenvalue weighted by molar-refractivity contribution is 5.73. The van der Waals surface area contributed by atoms with Crippen molar-refractivity contribution in [1.82, 2.24) is 5.32 Å². The van der Waals surface area contributed by atoms with Crippen LogP contribution in [0.4, 0.5) is 4.79 Å². The normalized spacial score (nSPS) is 8.15. The summed E-state index contributed by atoms with van der Waals surface area (Å²) in [6.07, 6.45) is 2.30. The predicted molar refractivity (Wildman–Crippen MR) is 52.0 cm³/mol. The van der Waals surface area contributed by atoms with E-state index in [0.29, 0.717) is 13.0 Å². The number of urea groups is 1. The van der Waals surface area contributed by atoms with Crippen molar-refractivity contribution in [1.29, 1.82) is 0 Å². The Balaban J connectivity index is 0. The van der Waals surface area contributed by atoms with Gasteiger partial charge in [0, 0.05) is 13.0 Å². The molecule has 0 spiro atoms. The second-order valence-electron chi connectivity index (χ2n) is 2.51. The van der Waals surface area contributed by atoms with Gasteiger partial charge in [-0.1, -0.05) is 13.8 Å². The lowest BCUT2D eigenvalue weighted by Gasteiger charge is -1.93. The number of hydrogen-bond acceptors (Lipinski definition) is 2. The van der Waals surface area contributed by atoms with Gasteiger partial charge in [-0.05, 0) is 12.8 Å². The largest absolute Gasteiger partial charge is 0.370 e. The lowest BCUT2D eigenvalue weighted by molar-refractivity contribution is -0.118. The molecule has 0 aromatic carbocycles. The summed E-state index contributed by atoms with van der Waals surface area (Å²) in [7, 11) is 0. The van der Waals surface area contributed by atoms with Gasteiger partial charge in [-0.2, -0.15) is 0 Å². The molecule has 5 heteroatoms. The number of carbonyl (C=O) groups is 2. The molecule has 0 aromatic rings. The van der Waals surface area contributed by atoms with Gasteiger partial charge < -0.3 is 16.8 Å². The summed E-state index contributed by atoms with van der Waals surface area (Å²) >= 11 is 0. The summed E-state index contributed by atoms with van der Waals surface area (Å²) in [6.45, 7) is 4.57. The zero-order valence-corrected chi connectivity index (χ0v) is 8.30. The van der Waals surface area contributed by atoms with Crippen molar-refractivity contribution in [3.63, 3.8) is 0 Å². The first-order valence-corrected chi connectivity index (χ1v) is 4.36. The third-order valence-electron chi connectivity index (χ3n) is 1.05. The Hall–Kier alpha value is -1.26. The zero-order chi connectivity index (χ0) is 10.7. The summed E-state index contributed by atoms with van der Waals surface area (Å²) in [6, 6.07) is -0.443. The molecule has 0 aliphatic carbocycles. The highest BCUT2D eigenvalue weighted by atomic mass is 16.2. The molecule has 3 amide bonds. The van der Waals surface area contributed by atoms with Gasteiger partial charge in [0.05, 0.1) is 0 Å². The maximum Gasteiger partial charge on any atom is 0.312 e. The fourth-order valence-corrected chi connectivity index (χ4v) is 0.495. The Morgan fingerprint density at radius 2 is 1.69 bits per heavy atom. The van der Waals surface area contributed by atoms with E-state index in [2.05, 4.69) is 5.32 Å². The molecular formula is C8H19N3O2. The maximum atomic E-state index is 9.87. The van der Waals surface area contributed by atoms with Gasteiger partial charge in [-0.25, -0.2) is 4.79 Å². The van der Waals surface area contributed by atoms with E-state index in [1.54, 1.807) is 0 Å². The van der Waals surface area contributed by atoms with Gasteiger partial charge >= 0.3 is 6.03 Å². The summed E-state index contributed by atoms with van der Waals surface area (Å²) in [5.41, 5.74) is 9.49. The molecule has 0 radical (unpaired) electrons. The Kier molecular flexibility index (Phi) is 11.8. The molecule has 5 N–H and O–H groups in total. The lowest BCUT2D eigenvalue weighted by Crippen LogP contribution is -2.29. The smallest absolute Gasteiger partial charge is 0.312 e. The molecule has 0 aliphatic rings. The Bertz CT molecular complexity index is 148. The van der Waals surface area contributed by atoms with Crippen molar-refractivity contribution in [3.8, 4) is 0 Å². The van der Waals surface area contributed by atoms with Crippen LogP contribution >= 0.6 is 0 Å². The van der Waals surface area contributed by atoms with Crippen molar-refractivity contribution in [2.24, 2.45) is 11.5 Å². The van der Waals surface area contributed by atoms with Gasteiger partial charge in [0.25, 0.3) is 0 Å². The summed E-state index contributed by atoms with van der Waals surface area (Å²) < 4.78 is 0. The van der Waals surface area contributed by atoms with E-state index in [-0.39, 0.29) is 5.91 Å². The van der Waals surface area contributed by atoms with Crippen molar-refractivity contribution >= 4 is 11.9 Å². The minimum Gasteiger partial charge on any atom is -0.370 e. The van der Waals surface area contributed by atoms with Crippen molar-refractivity contribution in [2.45, 2.75) is 33.1 Å². The molecular weight excluding hydrogens is 170 g/mol. The van der Waals surface area contributed by atoms with Crippen LogP contribution < -0.4 is 16.8 Å². The summed E-state index contributed by atoms with van der Waals surface area (Å²) in [5, 5.41) is 2.43. The van der Waals surface area contributed by atoms with E-state index < -0.39 is 6.03 Å². The number of rotatable bonds is 4. The van der Waals surface area contributed by atoms with Crippen molar-refractivity contribution in [3.05, 3.63) is 0 Å². The molecule has 5 nitrogen and oxygen atoms in total. The third kappa shape index (κ3) is 24.9. The topological polar surface area (TPSA) is 98.2 Å². The number of hydrogen-bond donors (Lipinski definition) is 3. The molecule has 13 heavy (non-hydrogen) atoms. The Morgan fingerprint density at radius 1 is 1.15 bits per heavy atom. The molecule has 0 bridgehead atoms. The summed E-state index contributed by atoms with van der Waals surface area (Å²) in [5.74, 6) is -0.211. The molecule has 0 fully saturated rings. The SMILES string of the molecule is CCCC(N)=O.CCCNC(N)=O.